The molecule has 3 aromatic carbocycles. The number of carboxylic acid groups (broad SMARTS) is 1. The molecule has 0 fully saturated rings. The van der Waals surface area contributed by atoms with Gasteiger partial charge in [-0.1, -0.05) is 42.5 Å². The highest BCUT2D eigenvalue weighted by atomic mass is 19.1. The molecule has 0 amide bonds. The maximum atomic E-state index is 13.9. The summed E-state index contributed by atoms with van der Waals surface area (Å²) in [5.41, 5.74) is 5.92. The standard InChI is InChI=1S/C26H21FO3/c1-17-23(25-14-20(27)10-11-22(25)24(17)15-26(28)29)13-18-6-5-7-19(12-18)16-30-21-8-3-2-4-9-21/h2-14H,15-16H2,1H3,(H,28,29)/b23-13-. The van der Waals surface area contributed by atoms with Gasteiger partial charge in [0.1, 0.15) is 18.2 Å². The molecular formula is C26H21FO3. The van der Waals surface area contributed by atoms with Crippen LogP contribution in [0, 0.1) is 5.82 Å². The van der Waals surface area contributed by atoms with Crippen LogP contribution in [-0.4, -0.2) is 11.1 Å². The maximum Gasteiger partial charge on any atom is 0.307 e. The average Bonchev–Trinajstić information content (AvgIpc) is 2.98. The summed E-state index contributed by atoms with van der Waals surface area (Å²) in [7, 11) is 0. The van der Waals surface area contributed by atoms with Crippen molar-refractivity contribution < 1.29 is 19.0 Å². The molecule has 150 valence electrons. The highest BCUT2D eigenvalue weighted by Crippen LogP contribution is 2.43. The summed E-state index contributed by atoms with van der Waals surface area (Å²) in [6.45, 7) is 2.33. The van der Waals surface area contributed by atoms with E-state index in [9.17, 15) is 14.3 Å². The number of hydrogen-bond donors (Lipinski definition) is 1. The van der Waals surface area contributed by atoms with Gasteiger partial charge in [0.25, 0.3) is 0 Å². The summed E-state index contributed by atoms with van der Waals surface area (Å²) in [4.78, 5) is 11.3. The van der Waals surface area contributed by atoms with Gasteiger partial charge in [-0.15, -0.1) is 0 Å². The van der Waals surface area contributed by atoms with Gasteiger partial charge in [-0.3, -0.25) is 4.79 Å². The van der Waals surface area contributed by atoms with E-state index >= 15 is 0 Å². The third kappa shape index (κ3) is 4.18. The van der Waals surface area contributed by atoms with E-state index in [0.717, 1.165) is 44.7 Å². The van der Waals surface area contributed by atoms with E-state index in [1.165, 1.54) is 12.1 Å². The number of fused-ring (bicyclic) bond motifs is 1. The monoisotopic (exact) mass is 400 g/mol. The van der Waals surface area contributed by atoms with Crippen molar-refractivity contribution >= 4 is 23.2 Å². The lowest BCUT2D eigenvalue weighted by molar-refractivity contribution is -0.135. The first-order valence-corrected chi connectivity index (χ1v) is 9.72. The van der Waals surface area contributed by atoms with Gasteiger partial charge >= 0.3 is 5.97 Å². The third-order valence-electron chi connectivity index (χ3n) is 5.19. The number of hydrogen-bond acceptors (Lipinski definition) is 2. The molecule has 0 radical (unpaired) electrons. The number of para-hydroxylation sites is 1. The van der Waals surface area contributed by atoms with Crippen molar-refractivity contribution in [1.82, 2.24) is 0 Å². The van der Waals surface area contributed by atoms with Crippen molar-refractivity contribution in [3.8, 4) is 5.75 Å². The van der Waals surface area contributed by atoms with Crippen molar-refractivity contribution in [2.45, 2.75) is 20.0 Å². The van der Waals surface area contributed by atoms with Gasteiger partial charge in [0.2, 0.25) is 0 Å². The summed E-state index contributed by atoms with van der Waals surface area (Å²) in [5, 5.41) is 9.30. The number of allylic oxidation sites excluding steroid dienone is 2. The fraction of sp³-hybridized carbons (Fsp3) is 0.115. The molecule has 4 heteroatoms. The molecule has 30 heavy (non-hydrogen) atoms. The zero-order valence-corrected chi connectivity index (χ0v) is 16.6. The third-order valence-corrected chi connectivity index (χ3v) is 5.19. The Morgan fingerprint density at radius 2 is 1.80 bits per heavy atom. The summed E-state index contributed by atoms with van der Waals surface area (Å²) < 4.78 is 19.8. The Balaban J connectivity index is 1.66. The summed E-state index contributed by atoms with van der Waals surface area (Å²) in [6, 6.07) is 22.1. The lowest BCUT2D eigenvalue weighted by atomic mass is 10.00. The zero-order valence-electron chi connectivity index (χ0n) is 16.6. The van der Waals surface area contributed by atoms with Gasteiger partial charge in [0, 0.05) is 0 Å². The molecule has 1 aliphatic rings. The molecule has 0 unspecified atom stereocenters. The first-order valence-electron chi connectivity index (χ1n) is 9.72. The molecule has 3 aromatic rings. The Morgan fingerprint density at radius 3 is 2.57 bits per heavy atom. The van der Waals surface area contributed by atoms with E-state index in [0.29, 0.717) is 6.61 Å². The molecule has 0 spiro atoms. The smallest absolute Gasteiger partial charge is 0.307 e. The molecule has 0 aliphatic heterocycles. The largest absolute Gasteiger partial charge is 0.489 e. The first-order chi connectivity index (χ1) is 14.5. The summed E-state index contributed by atoms with van der Waals surface area (Å²) in [5.74, 6) is -0.437. The summed E-state index contributed by atoms with van der Waals surface area (Å²) >= 11 is 0. The molecule has 1 aliphatic carbocycles. The van der Waals surface area contributed by atoms with Crippen LogP contribution >= 0.6 is 0 Å². The number of ether oxygens (including phenoxy) is 1. The van der Waals surface area contributed by atoms with Gasteiger partial charge in [-0.05, 0) is 82.3 Å². The minimum atomic E-state index is -0.902. The number of benzene rings is 3. The Hall–Kier alpha value is -3.66. The molecule has 1 N–H and O–H groups in total. The average molecular weight is 400 g/mol. The van der Waals surface area contributed by atoms with Crippen molar-refractivity contribution in [3.63, 3.8) is 0 Å². The van der Waals surface area contributed by atoms with Crippen LogP contribution < -0.4 is 4.74 Å². The van der Waals surface area contributed by atoms with Crippen LogP contribution in [0.3, 0.4) is 0 Å². The Kier molecular flexibility index (Phi) is 5.48. The van der Waals surface area contributed by atoms with E-state index in [-0.39, 0.29) is 12.2 Å². The lowest BCUT2D eigenvalue weighted by Gasteiger charge is -2.08. The second-order valence-electron chi connectivity index (χ2n) is 7.27. The van der Waals surface area contributed by atoms with Gasteiger partial charge < -0.3 is 9.84 Å². The molecule has 0 bridgehead atoms. The minimum Gasteiger partial charge on any atom is -0.489 e. The second-order valence-corrected chi connectivity index (χ2v) is 7.27. The molecule has 0 atom stereocenters. The Morgan fingerprint density at radius 1 is 1.00 bits per heavy atom. The molecule has 0 saturated heterocycles. The first kappa shape index (κ1) is 19.6. The number of rotatable bonds is 6. The van der Waals surface area contributed by atoms with Gasteiger partial charge in [-0.25, -0.2) is 4.39 Å². The van der Waals surface area contributed by atoms with Crippen molar-refractivity contribution in [3.05, 3.63) is 106 Å². The topological polar surface area (TPSA) is 46.5 Å². The fourth-order valence-corrected chi connectivity index (χ4v) is 3.76. The van der Waals surface area contributed by atoms with Crippen LogP contribution in [0.25, 0.3) is 17.2 Å². The molecular weight excluding hydrogens is 379 g/mol. The molecule has 0 aromatic heterocycles. The van der Waals surface area contributed by atoms with Crippen LogP contribution in [-0.2, 0) is 11.4 Å². The van der Waals surface area contributed by atoms with E-state index in [2.05, 4.69) is 0 Å². The van der Waals surface area contributed by atoms with Crippen LogP contribution in [0.2, 0.25) is 0 Å². The van der Waals surface area contributed by atoms with E-state index in [4.69, 9.17) is 4.74 Å². The molecule has 4 rings (SSSR count). The van der Waals surface area contributed by atoms with Crippen LogP contribution in [0.5, 0.6) is 5.75 Å². The van der Waals surface area contributed by atoms with Crippen LogP contribution in [0.15, 0.2) is 78.4 Å². The van der Waals surface area contributed by atoms with Gasteiger partial charge in [0.05, 0.1) is 6.42 Å². The highest BCUT2D eigenvalue weighted by Gasteiger charge is 2.25. The van der Waals surface area contributed by atoms with Crippen LogP contribution in [0.4, 0.5) is 4.39 Å². The number of carbonyl (C=O) groups is 1. The zero-order chi connectivity index (χ0) is 21.1. The lowest BCUT2D eigenvalue weighted by Crippen LogP contribution is -1.96. The Bertz CT molecular complexity index is 1160. The molecule has 3 nitrogen and oxygen atoms in total. The number of aliphatic carboxylic acids is 1. The minimum absolute atomic E-state index is 0.0905. The highest BCUT2D eigenvalue weighted by molar-refractivity contribution is 6.07. The van der Waals surface area contributed by atoms with Crippen molar-refractivity contribution in [2.24, 2.45) is 0 Å². The maximum absolute atomic E-state index is 13.9. The van der Waals surface area contributed by atoms with E-state index in [1.54, 1.807) is 6.07 Å². The second kappa shape index (κ2) is 8.37. The quantitative estimate of drug-likeness (QED) is 0.535. The number of halogens is 1. The van der Waals surface area contributed by atoms with Crippen molar-refractivity contribution in [1.29, 1.82) is 0 Å². The number of carboxylic acids is 1. The predicted octanol–water partition coefficient (Wildman–Crippen LogP) is 6.21. The molecule has 0 saturated carbocycles. The van der Waals surface area contributed by atoms with Gasteiger partial charge in [0.15, 0.2) is 0 Å². The molecule has 0 heterocycles. The predicted molar refractivity (Wildman–Crippen MR) is 116 cm³/mol. The SMILES string of the molecule is CC1=C(CC(=O)O)c2ccc(F)cc2/C1=C\c1cccc(COc2ccccc2)c1. The fourth-order valence-electron chi connectivity index (χ4n) is 3.76. The summed E-state index contributed by atoms with van der Waals surface area (Å²) in [6.07, 6.45) is 1.89. The van der Waals surface area contributed by atoms with E-state index < -0.39 is 5.97 Å². The normalized spacial score (nSPS) is 14.1. The Labute approximate surface area is 174 Å². The van der Waals surface area contributed by atoms with E-state index in [1.807, 2.05) is 67.6 Å². The van der Waals surface area contributed by atoms with Gasteiger partial charge in [-0.2, -0.15) is 0 Å². The van der Waals surface area contributed by atoms with Crippen LogP contribution in [0.1, 0.15) is 35.6 Å². The van der Waals surface area contributed by atoms with Crippen molar-refractivity contribution in [2.75, 3.05) is 0 Å².